The molecule has 2 amide bonds. The average Bonchev–Trinajstić information content (AvgIpc) is 2.85. The number of urea groups is 1. The van der Waals surface area contributed by atoms with E-state index in [0.29, 0.717) is 6.54 Å². The Morgan fingerprint density at radius 1 is 1.25 bits per heavy atom. The average molecular weight is 333 g/mol. The number of nitrogens with zero attached hydrogens (tertiary/aromatic N) is 4. The molecular weight excluding hydrogens is 302 g/mol. The molecule has 1 aliphatic carbocycles. The molecule has 0 radical (unpaired) electrons. The van der Waals surface area contributed by atoms with Crippen molar-refractivity contribution in [1.82, 2.24) is 24.9 Å². The molecule has 0 unspecified atom stereocenters. The van der Waals surface area contributed by atoms with Gasteiger partial charge in [-0.25, -0.2) is 4.79 Å². The maximum Gasteiger partial charge on any atom is 0.317 e. The van der Waals surface area contributed by atoms with Crippen molar-refractivity contribution in [1.29, 1.82) is 0 Å². The summed E-state index contributed by atoms with van der Waals surface area (Å²) in [5.41, 5.74) is 2.25. The van der Waals surface area contributed by atoms with Crippen LogP contribution in [-0.4, -0.2) is 52.8 Å². The molecule has 1 aliphatic heterocycles. The van der Waals surface area contributed by atoms with Crippen molar-refractivity contribution >= 4 is 6.03 Å². The van der Waals surface area contributed by atoms with Crippen LogP contribution in [0.1, 0.15) is 49.9 Å². The van der Waals surface area contributed by atoms with Crippen LogP contribution in [-0.2, 0) is 19.6 Å². The van der Waals surface area contributed by atoms with Crippen molar-refractivity contribution in [3.63, 3.8) is 0 Å². The first-order valence-electron chi connectivity index (χ1n) is 9.35. The number of carbonyl (C=O) groups is 1. The predicted molar refractivity (Wildman–Crippen MR) is 94.6 cm³/mol. The summed E-state index contributed by atoms with van der Waals surface area (Å²) < 4.78 is 2.14. The van der Waals surface area contributed by atoms with Crippen LogP contribution in [0.15, 0.2) is 6.07 Å². The van der Waals surface area contributed by atoms with E-state index in [2.05, 4.69) is 26.1 Å². The van der Waals surface area contributed by atoms with Crippen LogP contribution in [0.5, 0.6) is 0 Å². The fourth-order valence-electron chi connectivity index (χ4n) is 3.89. The second-order valence-electron chi connectivity index (χ2n) is 7.50. The van der Waals surface area contributed by atoms with Crippen molar-refractivity contribution in [2.45, 2.75) is 58.2 Å². The standard InChI is InChI=1S/C18H31N5O/c1-21(2)18(24)19-12-16-11-17-14-22(9-6-10-23(17)20-16)13-15-7-4-3-5-8-15/h11,15H,3-10,12-14H2,1-2H3,(H,19,24). The SMILES string of the molecule is CN(C)C(=O)NCc1cc2n(n1)CCCN(CC1CCCCC1)C2. The van der Waals surface area contributed by atoms with E-state index in [-0.39, 0.29) is 6.03 Å². The summed E-state index contributed by atoms with van der Waals surface area (Å²) in [5.74, 6) is 0.882. The van der Waals surface area contributed by atoms with Gasteiger partial charge in [0.05, 0.1) is 17.9 Å². The van der Waals surface area contributed by atoms with Gasteiger partial charge in [0.25, 0.3) is 0 Å². The molecule has 1 aromatic heterocycles. The van der Waals surface area contributed by atoms with Gasteiger partial charge in [0.15, 0.2) is 0 Å². The molecule has 0 atom stereocenters. The highest BCUT2D eigenvalue weighted by Gasteiger charge is 2.21. The normalized spacial score (nSPS) is 19.6. The number of nitrogens with one attached hydrogen (secondary N) is 1. The maximum absolute atomic E-state index is 11.7. The Morgan fingerprint density at radius 2 is 2.04 bits per heavy atom. The minimum Gasteiger partial charge on any atom is -0.332 e. The van der Waals surface area contributed by atoms with Gasteiger partial charge >= 0.3 is 6.03 Å². The number of carbonyl (C=O) groups excluding carboxylic acids is 1. The highest BCUT2D eigenvalue weighted by Crippen LogP contribution is 2.25. The fraction of sp³-hybridized carbons (Fsp3) is 0.778. The van der Waals surface area contributed by atoms with E-state index in [0.717, 1.165) is 31.1 Å². The molecule has 24 heavy (non-hydrogen) atoms. The van der Waals surface area contributed by atoms with Crippen LogP contribution in [0.25, 0.3) is 0 Å². The van der Waals surface area contributed by atoms with E-state index in [9.17, 15) is 4.79 Å². The van der Waals surface area contributed by atoms with Gasteiger partial charge in [-0.15, -0.1) is 0 Å². The predicted octanol–water partition coefficient (Wildman–Crippen LogP) is 2.44. The minimum atomic E-state index is -0.0721. The summed E-state index contributed by atoms with van der Waals surface area (Å²) in [4.78, 5) is 15.8. The van der Waals surface area contributed by atoms with Crippen molar-refractivity contribution in [3.8, 4) is 0 Å². The van der Waals surface area contributed by atoms with E-state index in [4.69, 9.17) is 0 Å². The molecule has 134 valence electrons. The molecule has 1 saturated carbocycles. The molecule has 1 N–H and O–H groups in total. The van der Waals surface area contributed by atoms with Crippen LogP contribution in [0.4, 0.5) is 4.79 Å². The molecule has 0 bridgehead atoms. The lowest BCUT2D eigenvalue weighted by Crippen LogP contribution is -2.34. The molecule has 2 aliphatic rings. The smallest absolute Gasteiger partial charge is 0.317 e. The van der Waals surface area contributed by atoms with Gasteiger partial charge in [0.1, 0.15) is 0 Å². The van der Waals surface area contributed by atoms with Crippen molar-refractivity contribution < 1.29 is 4.79 Å². The van der Waals surface area contributed by atoms with Gasteiger partial charge < -0.3 is 10.2 Å². The first-order chi connectivity index (χ1) is 11.6. The summed E-state index contributed by atoms with van der Waals surface area (Å²) in [6.07, 6.45) is 8.20. The lowest BCUT2D eigenvalue weighted by atomic mass is 9.89. The highest BCUT2D eigenvalue weighted by molar-refractivity contribution is 5.73. The Hall–Kier alpha value is -1.56. The fourth-order valence-corrected chi connectivity index (χ4v) is 3.89. The Morgan fingerprint density at radius 3 is 2.79 bits per heavy atom. The zero-order valence-corrected chi connectivity index (χ0v) is 15.1. The Bertz CT molecular complexity index is 548. The van der Waals surface area contributed by atoms with Crippen molar-refractivity contribution in [3.05, 3.63) is 17.5 Å². The molecule has 3 rings (SSSR count). The van der Waals surface area contributed by atoms with Gasteiger partial charge in [0, 0.05) is 40.3 Å². The van der Waals surface area contributed by atoms with E-state index in [1.54, 1.807) is 19.0 Å². The Balaban J connectivity index is 1.57. The molecule has 0 aromatic carbocycles. The van der Waals surface area contributed by atoms with Gasteiger partial charge in [-0.2, -0.15) is 5.10 Å². The van der Waals surface area contributed by atoms with E-state index < -0.39 is 0 Å². The van der Waals surface area contributed by atoms with E-state index in [1.807, 2.05) is 0 Å². The number of aromatic nitrogens is 2. The second kappa shape index (κ2) is 8.01. The first kappa shape index (κ1) is 17.3. The van der Waals surface area contributed by atoms with Crippen molar-refractivity contribution in [2.75, 3.05) is 27.2 Å². The molecule has 0 saturated heterocycles. The quantitative estimate of drug-likeness (QED) is 0.921. The van der Waals surface area contributed by atoms with Gasteiger partial charge in [-0.3, -0.25) is 9.58 Å². The third-order valence-electron chi connectivity index (χ3n) is 5.21. The minimum absolute atomic E-state index is 0.0721. The lowest BCUT2D eigenvalue weighted by molar-refractivity contribution is 0.196. The van der Waals surface area contributed by atoms with Crippen molar-refractivity contribution in [2.24, 2.45) is 5.92 Å². The summed E-state index contributed by atoms with van der Waals surface area (Å²) in [6.45, 7) is 4.88. The third-order valence-corrected chi connectivity index (χ3v) is 5.21. The first-order valence-corrected chi connectivity index (χ1v) is 9.35. The van der Waals surface area contributed by atoms with Gasteiger partial charge in [-0.1, -0.05) is 19.3 Å². The van der Waals surface area contributed by atoms with Gasteiger partial charge in [-0.05, 0) is 31.2 Å². The number of amides is 2. The molecular formula is C18H31N5O. The topological polar surface area (TPSA) is 53.4 Å². The summed E-state index contributed by atoms with van der Waals surface area (Å²) in [5, 5.41) is 7.58. The lowest BCUT2D eigenvalue weighted by Gasteiger charge is -2.28. The van der Waals surface area contributed by atoms with Crippen LogP contribution in [0.3, 0.4) is 0 Å². The molecule has 2 heterocycles. The summed E-state index contributed by atoms with van der Waals surface area (Å²) >= 11 is 0. The zero-order valence-electron chi connectivity index (χ0n) is 15.1. The zero-order chi connectivity index (χ0) is 16.9. The summed E-state index contributed by atoms with van der Waals surface area (Å²) in [6, 6.07) is 2.09. The van der Waals surface area contributed by atoms with E-state index >= 15 is 0 Å². The van der Waals surface area contributed by atoms with Crippen LogP contribution in [0, 0.1) is 5.92 Å². The Labute approximate surface area is 145 Å². The molecule has 6 nitrogen and oxygen atoms in total. The van der Waals surface area contributed by atoms with Gasteiger partial charge in [0.2, 0.25) is 0 Å². The maximum atomic E-state index is 11.7. The third kappa shape index (κ3) is 4.50. The summed E-state index contributed by atoms with van der Waals surface area (Å²) in [7, 11) is 3.50. The number of rotatable bonds is 4. The highest BCUT2D eigenvalue weighted by atomic mass is 16.2. The largest absolute Gasteiger partial charge is 0.332 e. The van der Waals surface area contributed by atoms with Crippen LogP contribution < -0.4 is 5.32 Å². The molecule has 6 heteroatoms. The number of hydrogen-bond acceptors (Lipinski definition) is 3. The van der Waals surface area contributed by atoms with Crippen LogP contribution in [0.2, 0.25) is 0 Å². The molecule has 1 aromatic rings. The second-order valence-corrected chi connectivity index (χ2v) is 7.50. The monoisotopic (exact) mass is 333 g/mol. The molecule has 1 fully saturated rings. The Kier molecular flexibility index (Phi) is 5.76. The van der Waals surface area contributed by atoms with E-state index in [1.165, 1.54) is 50.9 Å². The molecule has 0 spiro atoms. The number of hydrogen-bond donors (Lipinski definition) is 1. The van der Waals surface area contributed by atoms with Crippen LogP contribution >= 0.6 is 0 Å². The number of fused-ring (bicyclic) bond motifs is 1. The number of aryl methyl sites for hydroxylation is 1.